The van der Waals surface area contributed by atoms with E-state index in [2.05, 4.69) is 32.6 Å². The van der Waals surface area contributed by atoms with Gasteiger partial charge >= 0.3 is 0 Å². The van der Waals surface area contributed by atoms with E-state index in [0.29, 0.717) is 6.04 Å². The molecule has 5 atom stereocenters. The lowest BCUT2D eigenvalue weighted by molar-refractivity contribution is 0.0312. The second kappa shape index (κ2) is 6.73. The fraction of sp³-hybridized carbons (Fsp3) is 0.667. The van der Waals surface area contributed by atoms with Gasteiger partial charge in [0.1, 0.15) is 0 Å². The molecule has 5 unspecified atom stereocenters. The zero-order valence-corrected chi connectivity index (χ0v) is 13.3. The fourth-order valence-electron chi connectivity index (χ4n) is 3.52. The Balaban J connectivity index is 1.98. The minimum Gasteiger partial charge on any atom is -0.388 e. The Kier molecular flexibility index (Phi) is 5.22. The maximum Gasteiger partial charge on any atom is 0.0827 e. The summed E-state index contributed by atoms with van der Waals surface area (Å²) in [6, 6.07) is 10.7. The fourth-order valence-corrected chi connectivity index (χ4v) is 3.52. The van der Waals surface area contributed by atoms with Crippen LogP contribution in [0.4, 0.5) is 0 Å². The molecule has 0 amide bonds. The van der Waals surface area contributed by atoms with Gasteiger partial charge in [0.2, 0.25) is 0 Å². The van der Waals surface area contributed by atoms with Crippen molar-refractivity contribution in [2.24, 2.45) is 17.8 Å². The van der Waals surface area contributed by atoms with Crippen molar-refractivity contribution in [3.8, 4) is 0 Å². The van der Waals surface area contributed by atoms with Crippen LogP contribution >= 0.6 is 0 Å². The first-order valence-electron chi connectivity index (χ1n) is 7.96. The topological polar surface area (TPSA) is 23.5 Å². The predicted molar refractivity (Wildman–Crippen MR) is 84.5 cm³/mol. The number of aliphatic hydroxyl groups excluding tert-OH is 1. The van der Waals surface area contributed by atoms with Gasteiger partial charge < -0.3 is 5.11 Å². The van der Waals surface area contributed by atoms with E-state index in [1.165, 1.54) is 6.42 Å². The van der Waals surface area contributed by atoms with Crippen LogP contribution in [0.3, 0.4) is 0 Å². The van der Waals surface area contributed by atoms with Crippen LogP contribution in [0.25, 0.3) is 0 Å². The molecule has 0 bridgehead atoms. The Bertz CT molecular complexity index is 405. The summed E-state index contributed by atoms with van der Waals surface area (Å²) in [7, 11) is 0. The number of hydrogen-bond acceptors (Lipinski definition) is 2. The van der Waals surface area contributed by atoms with Crippen molar-refractivity contribution in [1.82, 2.24) is 4.90 Å². The molecule has 2 rings (SSSR count). The van der Waals surface area contributed by atoms with E-state index in [0.717, 1.165) is 30.5 Å². The molecule has 2 nitrogen and oxygen atoms in total. The molecule has 20 heavy (non-hydrogen) atoms. The quantitative estimate of drug-likeness (QED) is 0.905. The summed E-state index contributed by atoms with van der Waals surface area (Å²) in [5.41, 5.74) is 1.03. The van der Waals surface area contributed by atoms with Gasteiger partial charge in [-0.15, -0.1) is 0 Å². The molecule has 1 aromatic rings. The Labute approximate surface area is 123 Å². The highest BCUT2D eigenvalue weighted by atomic mass is 16.3. The number of piperidine rings is 1. The Morgan fingerprint density at radius 2 is 1.85 bits per heavy atom. The Hall–Kier alpha value is -0.860. The van der Waals surface area contributed by atoms with Gasteiger partial charge in [-0.25, -0.2) is 0 Å². The van der Waals surface area contributed by atoms with Crippen LogP contribution in [0.1, 0.15) is 45.8 Å². The maximum absolute atomic E-state index is 10.5. The van der Waals surface area contributed by atoms with E-state index >= 15 is 0 Å². The molecule has 0 saturated carbocycles. The van der Waals surface area contributed by atoms with Gasteiger partial charge in [0.05, 0.1) is 6.10 Å². The molecule has 0 aliphatic carbocycles. The summed E-state index contributed by atoms with van der Waals surface area (Å²) in [5, 5.41) is 10.5. The normalized spacial score (nSPS) is 30.9. The molecular formula is C18H29NO. The highest BCUT2D eigenvalue weighted by molar-refractivity contribution is 5.17. The second-order valence-electron chi connectivity index (χ2n) is 6.85. The van der Waals surface area contributed by atoms with Crippen LogP contribution in [0.5, 0.6) is 0 Å². The van der Waals surface area contributed by atoms with Crippen LogP contribution in [0.2, 0.25) is 0 Å². The summed E-state index contributed by atoms with van der Waals surface area (Å²) >= 11 is 0. The first-order chi connectivity index (χ1) is 9.49. The second-order valence-corrected chi connectivity index (χ2v) is 6.85. The van der Waals surface area contributed by atoms with Crippen LogP contribution in [0, 0.1) is 17.8 Å². The first-order valence-corrected chi connectivity index (χ1v) is 7.96. The highest BCUT2D eigenvalue weighted by Gasteiger charge is 2.30. The summed E-state index contributed by atoms with van der Waals surface area (Å²) in [5.74, 6) is 1.78. The third-order valence-corrected chi connectivity index (χ3v) is 4.92. The number of aliphatic hydroxyl groups is 1. The third-order valence-electron chi connectivity index (χ3n) is 4.92. The molecule has 1 fully saturated rings. The molecule has 1 aromatic carbocycles. The molecule has 0 radical (unpaired) electrons. The monoisotopic (exact) mass is 275 g/mol. The van der Waals surface area contributed by atoms with Crippen molar-refractivity contribution in [3.05, 3.63) is 35.9 Å². The number of likely N-dealkylation sites (tertiary alicyclic amines) is 1. The van der Waals surface area contributed by atoms with Gasteiger partial charge in [-0.3, -0.25) is 4.90 Å². The van der Waals surface area contributed by atoms with Crippen molar-refractivity contribution in [1.29, 1.82) is 0 Å². The smallest absolute Gasteiger partial charge is 0.0827 e. The van der Waals surface area contributed by atoms with E-state index in [1.807, 2.05) is 30.3 Å². The average Bonchev–Trinajstić information content (AvgIpc) is 2.44. The van der Waals surface area contributed by atoms with E-state index in [-0.39, 0.29) is 12.0 Å². The molecule has 0 aromatic heterocycles. The van der Waals surface area contributed by atoms with Crippen molar-refractivity contribution < 1.29 is 5.11 Å². The molecule has 0 spiro atoms. The van der Waals surface area contributed by atoms with Gasteiger partial charge in [-0.2, -0.15) is 0 Å². The number of rotatable bonds is 4. The van der Waals surface area contributed by atoms with Gasteiger partial charge in [-0.1, -0.05) is 51.1 Å². The average molecular weight is 275 g/mol. The summed E-state index contributed by atoms with van der Waals surface area (Å²) in [4.78, 5) is 2.57. The van der Waals surface area contributed by atoms with Crippen molar-refractivity contribution in [3.63, 3.8) is 0 Å². The molecule has 1 N–H and O–H groups in total. The molecule has 112 valence electrons. The third kappa shape index (κ3) is 3.62. The summed E-state index contributed by atoms with van der Waals surface area (Å²) in [6.07, 6.45) is 0.962. The molecule has 1 aliphatic rings. The van der Waals surface area contributed by atoms with Gasteiger partial charge in [0.25, 0.3) is 0 Å². The van der Waals surface area contributed by atoms with Crippen LogP contribution in [-0.4, -0.2) is 29.1 Å². The Morgan fingerprint density at radius 1 is 1.20 bits per heavy atom. The van der Waals surface area contributed by atoms with E-state index in [1.54, 1.807) is 0 Å². The minimum absolute atomic E-state index is 0.261. The Morgan fingerprint density at radius 3 is 2.50 bits per heavy atom. The van der Waals surface area contributed by atoms with Crippen LogP contribution < -0.4 is 0 Å². The highest BCUT2D eigenvalue weighted by Crippen LogP contribution is 2.30. The number of hydrogen-bond donors (Lipinski definition) is 1. The lowest BCUT2D eigenvalue weighted by Crippen LogP contribution is -2.47. The SMILES string of the molecule is CC1CC(C)C(C)N(CC(C)C(O)c2ccccc2)C1. The van der Waals surface area contributed by atoms with Crippen molar-refractivity contribution in [2.75, 3.05) is 13.1 Å². The lowest BCUT2D eigenvalue weighted by Gasteiger charge is -2.42. The first kappa shape index (κ1) is 15.5. The van der Waals surface area contributed by atoms with Gasteiger partial charge in [0, 0.05) is 19.1 Å². The molecule has 2 heteroatoms. The van der Waals surface area contributed by atoms with Gasteiger partial charge in [0.15, 0.2) is 0 Å². The zero-order chi connectivity index (χ0) is 14.7. The maximum atomic E-state index is 10.5. The minimum atomic E-state index is -0.365. The summed E-state index contributed by atoms with van der Waals surface area (Å²) < 4.78 is 0. The van der Waals surface area contributed by atoms with Crippen LogP contribution in [-0.2, 0) is 0 Å². The van der Waals surface area contributed by atoms with Crippen molar-refractivity contribution in [2.45, 2.75) is 46.3 Å². The van der Waals surface area contributed by atoms with Gasteiger partial charge in [-0.05, 0) is 36.7 Å². The van der Waals surface area contributed by atoms with E-state index in [4.69, 9.17) is 0 Å². The molecular weight excluding hydrogens is 246 g/mol. The standard InChI is InChI=1S/C18H29NO/c1-13-10-14(2)16(4)19(11-13)12-15(3)18(20)17-8-6-5-7-9-17/h5-9,13-16,18,20H,10-12H2,1-4H3. The lowest BCUT2D eigenvalue weighted by atomic mass is 9.85. The summed E-state index contributed by atoms with van der Waals surface area (Å²) in [6.45, 7) is 11.3. The molecule has 1 heterocycles. The largest absolute Gasteiger partial charge is 0.388 e. The zero-order valence-electron chi connectivity index (χ0n) is 13.3. The van der Waals surface area contributed by atoms with Crippen molar-refractivity contribution >= 4 is 0 Å². The van der Waals surface area contributed by atoms with Crippen LogP contribution in [0.15, 0.2) is 30.3 Å². The van der Waals surface area contributed by atoms with E-state index < -0.39 is 0 Å². The molecule has 1 aliphatic heterocycles. The number of nitrogens with zero attached hydrogens (tertiary/aromatic N) is 1. The van der Waals surface area contributed by atoms with E-state index in [9.17, 15) is 5.11 Å². The number of benzene rings is 1. The predicted octanol–water partition coefficient (Wildman–Crippen LogP) is 3.72. The molecule has 1 saturated heterocycles.